The molecule has 0 spiro atoms. The maximum Gasteiger partial charge on any atom is 0.242 e. The second-order valence-corrected chi connectivity index (χ2v) is 4.84. The van der Waals surface area contributed by atoms with E-state index in [9.17, 15) is 4.79 Å². The minimum atomic E-state index is -0.193. The van der Waals surface area contributed by atoms with Crippen molar-refractivity contribution in [2.45, 2.75) is 25.4 Å². The number of hydrazine groups is 1. The van der Waals surface area contributed by atoms with Crippen LogP contribution in [0.4, 0.5) is 5.69 Å². The van der Waals surface area contributed by atoms with E-state index in [1.165, 1.54) is 0 Å². The van der Waals surface area contributed by atoms with Crippen LogP contribution in [0.5, 0.6) is 0 Å². The second kappa shape index (κ2) is 4.95. The van der Waals surface area contributed by atoms with E-state index in [1.54, 1.807) is 6.20 Å². The molecule has 98 valence electrons. The summed E-state index contributed by atoms with van der Waals surface area (Å²) in [6.45, 7) is 2.04. The van der Waals surface area contributed by atoms with Crippen LogP contribution in [0.15, 0.2) is 36.5 Å². The molecular weight excluding hydrogens is 240 g/mol. The highest BCUT2D eigenvalue weighted by Crippen LogP contribution is 2.21. The molecule has 2 atom stereocenters. The Bertz CT molecular complexity index is 608. The Morgan fingerprint density at radius 1 is 1.32 bits per heavy atom. The van der Waals surface area contributed by atoms with Crippen LogP contribution in [0.25, 0.3) is 10.9 Å². The standard InChI is InChI=1S/C14H16N4O/c1-9-8-13(18-17-9)14(19)16-12-6-2-5-11-10(12)4-3-7-15-11/h2-7,9,13,17-18H,8H2,1H3,(H,16,19). The highest BCUT2D eigenvalue weighted by molar-refractivity contribution is 6.02. The van der Waals surface area contributed by atoms with E-state index in [1.807, 2.05) is 37.3 Å². The molecular formula is C14H16N4O. The smallest absolute Gasteiger partial charge is 0.242 e. The molecule has 3 N–H and O–H groups in total. The zero-order valence-corrected chi connectivity index (χ0v) is 10.7. The van der Waals surface area contributed by atoms with E-state index in [4.69, 9.17) is 0 Å². The second-order valence-electron chi connectivity index (χ2n) is 4.84. The average molecular weight is 256 g/mol. The van der Waals surface area contributed by atoms with Gasteiger partial charge in [0.25, 0.3) is 0 Å². The summed E-state index contributed by atoms with van der Waals surface area (Å²) in [5, 5.41) is 3.92. The number of nitrogens with zero attached hydrogens (tertiary/aromatic N) is 1. The number of hydrogen-bond acceptors (Lipinski definition) is 4. The summed E-state index contributed by atoms with van der Waals surface area (Å²) in [5.41, 5.74) is 7.73. The fraction of sp³-hybridized carbons (Fsp3) is 0.286. The molecule has 1 amide bonds. The molecule has 19 heavy (non-hydrogen) atoms. The first-order valence-corrected chi connectivity index (χ1v) is 6.40. The van der Waals surface area contributed by atoms with Gasteiger partial charge >= 0.3 is 0 Å². The van der Waals surface area contributed by atoms with Gasteiger partial charge < -0.3 is 5.32 Å². The van der Waals surface area contributed by atoms with E-state index in [-0.39, 0.29) is 11.9 Å². The Morgan fingerprint density at radius 3 is 3.00 bits per heavy atom. The average Bonchev–Trinajstić information content (AvgIpc) is 2.86. The molecule has 0 radical (unpaired) electrons. The molecule has 3 rings (SSSR count). The van der Waals surface area contributed by atoms with Gasteiger partial charge in [-0.1, -0.05) is 6.07 Å². The summed E-state index contributed by atoms with van der Waals surface area (Å²) in [6, 6.07) is 9.67. The largest absolute Gasteiger partial charge is 0.324 e. The van der Waals surface area contributed by atoms with Gasteiger partial charge in [-0.25, -0.2) is 5.43 Å². The molecule has 1 aromatic heterocycles. The zero-order valence-electron chi connectivity index (χ0n) is 10.7. The number of benzene rings is 1. The first-order chi connectivity index (χ1) is 9.24. The van der Waals surface area contributed by atoms with Gasteiger partial charge in [-0.15, -0.1) is 0 Å². The summed E-state index contributed by atoms with van der Waals surface area (Å²) in [6.07, 6.45) is 2.53. The number of rotatable bonds is 2. The van der Waals surface area contributed by atoms with Crippen molar-refractivity contribution in [3.05, 3.63) is 36.5 Å². The van der Waals surface area contributed by atoms with Gasteiger partial charge in [-0.3, -0.25) is 15.2 Å². The molecule has 2 unspecified atom stereocenters. The minimum Gasteiger partial charge on any atom is -0.324 e. The number of amides is 1. The van der Waals surface area contributed by atoms with Gasteiger partial charge in [0, 0.05) is 17.6 Å². The number of anilines is 1. The quantitative estimate of drug-likeness (QED) is 0.760. The topological polar surface area (TPSA) is 66.0 Å². The van der Waals surface area contributed by atoms with Crippen LogP contribution in [-0.2, 0) is 4.79 Å². The molecule has 5 heteroatoms. The summed E-state index contributed by atoms with van der Waals surface area (Å²) >= 11 is 0. The van der Waals surface area contributed by atoms with Crippen molar-refractivity contribution in [2.75, 3.05) is 5.32 Å². The molecule has 1 fully saturated rings. The Kier molecular flexibility index (Phi) is 3.15. The number of carbonyl (C=O) groups is 1. The monoisotopic (exact) mass is 256 g/mol. The van der Waals surface area contributed by atoms with Gasteiger partial charge in [0.15, 0.2) is 0 Å². The number of nitrogens with one attached hydrogen (secondary N) is 3. The van der Waals surface area contributed by atoms with Crippen LogP contribution in [0.1, 0.15) is 13.3 Å². The van der Waals surface area contributed by atoms with Crippen molar-refractivity contribution in [1.82, 2.24) is 15.8 Å². The molecule has 2 heterocycles. The molecule has 1 aromatic carbocycles. The SMILES string of the molecule is CC1CC(C(=O)Nc2cccc3ncccc23)NN1. The third-order valence-corrected chi connectivity index (χ3v) is 3.31. The lowest BCUT2D eigenvalue weighted by atomic mass is 10.1. The van der Waals surface area contributed by atoms with Gasteiger partial charge in [-0.05, 0) is 37.6 Å². The normalized spacial score (nSPS) is 22.6. The van der Waals surface area contributed by atoms with Crippen molar-refractivity contribution in [1.29, 1.82) is 0 Å². The molecule has 1 aliphatic rings. The number of carbonyl (C=O) groups excluding carboxylic acids is 1. The zero-order chi connectivity index (χ0) is 13.2. The first-order valence-electron chi connectivity index (χ1n) is 6.40. The summed E-state index contributed by atoms with van der Waals surface area (Å²) in [4.78, 5) is 16.4. The molecule has 0 aliphatic carbocycles. The summed E-state index contributed by atoms with van der Waals surface area (Å²) in [5.74, 6) is -0.0202. The summed E-state index contributed by atoms with van der Waals surface area (Å²) in [7, 11) is 0. The lowest BCUT2D eigenvalue weighted by molar-refractivity contribution is -0.117. The van der Waals surface area contributed by atoms with Crippen LogP contribution in [-0.4, -0.2) is 23.0 Å². The van der Waals surface area contributed by atoms with Crippen molar-refractivity contribution < 1.29 is 4.79 Å². The van der Waals surface area contributed by atoms with Crippen LogP contribution in [0.2, 0.25) is 0 Å². The Balaban J connectivity index is 1.83. The third kappa shape index (κ3) is 2.43. The summed E-state index contributed by atoms with van der Waals surface area (Å²) < 4.78 is 0. The number of hydrogen-bond donors (Lipinski definition) is 3. The van der Waals surface area contributed by atoms with Crippen LogP contribution in [0.3, 0.4) is 0 Å². The minimum absolute atomic E-state index is 0.0202. The molecule has 0 saturated carbocycles. The van der Waals surface area contributed by atoms with Gasteiger partial charge in [0.1, 0.15) is 6.04 Å². The Hall–Kier alpha value is -1.98. The van der Waals surface area contributed by atoms with Gasteiger partial charge in [0.05, 0.1) is 11.2 Å². The van der Waals surface area contributed by atoms with Crippen molar-refractivity contribution in [3.8, 4) is 0 Å². The fourth-order valence-electron chi connectivity index (χ4n) is 2.32. The number of aromatic nitrogens is 1. The molecule has 2 aromatic rings. The lowest BCUT2D eigenvalue weighted by Crippen LogP contribution is -2.39. The van der Waals surface area contributed by atoms with Gasteiger partial charge in [0.2, 0.25) is 5.91 Å². The van der Waals surface area contributed by atoms with Crippen LogP contribution in [0, 0.1) is 0 Å². The molecule has 1 saturated heterocycles. The molecule has 5 nitrogen and oxygen atoms in total. The lowest BCUT2D eigenvalue weighted by Gasteiger charge is -2.12. The van der Waals surface area contributed by atoms with E-state index in [0.717, 1.165) is 23.0 Å². The van der Waals surface area contributed by atoms with Crippen molar-refractivity contribution in [2.24, 2.45) is 0 Å². The maximum atomic E-state index is 12.2. The van der Waals surface area contributed by atoms with Crippen LogP contribution < -0.4 is 16.2 Å². The predicted molar refractivity (Wildman–Crippen MR) is 74.5 cm³/mol. The maximum absolute atomic E-state index is 12.2. The highest BCUT2D eigenvalue weighted by Gasteiger charge is 2.26. The van der Waals surface area contributed by atoms with Crippen LogP contribution >= 0.6 is 0 Å². The Labute approximate surface area is 111 Å². The van der Waals surface area contributed by atoms with E-state index in [2.05, 4.69) is 21.2 Å². The Morgan fingerprint density at radius 2 is 2.21 bits per heavy atom. The fourth-order valence-corrected chi connectivity index (χ4v) is 2.32. The predicted octanol–water partition coefficient (Wildman–Crippen LogP) is 1.43. The molecule has 1 aliphatic heterocycles. The number of fused-ring (bicyclic) bond motifs is 1. The van der Waals surface area contributed by atoms with Crippen molar-refractivity contribution in [3.63, 3.8) is 0 Å². The highest BCUT2D eigenvalue weighted by atomic mass is 16.2. The number of pyridine rings is 1. The third-order valence-electron chi connectivity index (χ3n) is 3.31. The van der Waals surface area contributed by atoms with E-state index in [0.29, 0.717) is 6.04 Å². The first kappa shape index (κ1) is 12.1. The van der Waals surface area contributed by atoms with E-state index < -0.39 is 0 Å². The van der Waals surface area contributed by atoms with Gasteiger partial charge in [-0.2, -0.15) is 0 Å². The van der Waals surface area contributed by atoms with E-state index >= 15 is 0 Å². The van der Waals surface area contributed by atoms with Crippen molar-refractivity contribution >= 4 is 22.5 Å². The molecule has 0 bridgehead atoms.